The summed E-state index contributed by atoms with van der Waals surface area (Å²) in [6.45, 7) is 15.0. The lowest BCUT2D eigenvalue weighted by molar-refractivity contribution is 0.0243. The Kier molecular flexibility index (Phi) is 27.9. The summed E-state index contributed by atoms with van der Waals surface area (Å²) in [5, 5.41) is 12.2. The van der Waals surface area contributed by atoms with Crippen LogP contribution in [0.2, 0.25) is 0 Å². The van der Waals surface area contributed by atoms with Gasteiger partial charge in [0.2, 0.25) is 0 Å². The van der Waals surface area contributed by atoms with Gasteiger partial charge in [-0.3, -0.25) is 0 Å². The zero-order chi connectivity index (χ0) is 30.4. The van der Waals surface area contributed by atoms with Gasteiger partial charge in [0.25, 0.3) is 0 Å². The van der Waals surface area contributed by atoms with Crippen LogP contribution in [-0.2, 0) is 27.4 Å². The fourth-order valence-corrected chi connectivity index (χ4v) is 5.43. The molecule has 42 heavy (non-hydrogen) atoms. The van der Waals surface area contributed by atoms with E-state index >= 15 is 0 Å². The summed E-state index contributed by atoms with van der Waals surface area (Å²) in [5.74, 6) is 0.811. The molecule has 0 amide bonds. The third kappa shape index (κ3) is 23.4. The van der Waals surface area contributed by atoms with E-state index in [1.807, 2.05) is 10.9 Å². The highest BCUT2D eigenvalue weighted by Crippen LogP contribution is 2.18. The van der Waals surface area contributed by atoms with Gasteiger partial charge in [-0.15, -0.1) is 5.10 Å². The number of aromatic nitrogens is 3. The first-order chi connectivity index (χ1) is 20.7. The maximum absolute atomic E-state index is 6.31. The third-order valence-corrected chi connectivity index (χ3v) is 8.19. The molecule has 1 aromatic heterocycles. The van der Waals surface area contributed by atoms with Crippen molar-refractivity contribution in [2.45, 2.75) is 169 Å². The second-order valence-electron chi connectivity index (χ2n) is 12.2. The average molecular weight is 595 g/mol. The number of rotatable bonds is 33. The lowest BCUT2D eigenvalue weighted by atomic mass is 9.95. The van der Waals surface area contributed by atoms with Gasteiger partial charge in [-0.25, -0.2) is 4.68 Å². The molecule has 1 aromatic rings. The van der Waals surface area contributed by atoms with Crippen molar-refractivity contribution in [3.8, 4) is 0 Å². The van der Waals surface area contributed by atoms with Gasteiger partial charge in [0, 0.05) is 6.54 Å². The molecule has 0 aliphatic carbocycles. The zero-order valence-electron chi connectivity index (χ0n) is 28.4. The predicted molar refractivity (Wildman–Crippen MR) is 177 cm³/mol. The lowest BCUT2D eigenvalue weighted by Gasteiger charge is -2.17. The van der Waals surface area contributed by atoms with E-state index in [1.54, 1.807) is 0 Å². The highest BCUT2D eigenvalue weighted by molar-refractivity contribution is 4.89. The van der Waals surface area contributed by atoms with E-state index in [4.69, 9.17) is 14.2 Å². The standard InChI is InChI=1S/C35H70N4O3/c1-5-9-13-16-19-23-35(22-18-15-11-7-3)42-32-34-31-39(38-37-34)25-27-41-29-28-40-26-24-36-30-33(20-12-8-4)21-17-14-10-6-2/h31,33,35-36H,5-30,32H2,1-4H3. The molecule has 7 nitrogen and oxygen atoms in total. The minimum atomic E-state index is 0.338. The van der Waals surface area contributed by atoms with Crippen molar-refractivity contribution in [2.24, 2.45) is 5.92 Å². The smallest absolute Gasteiger partial charge is 0.108 e. The molecule has 7 heteroatoms. The van der Waals surface area contributed by atoms with E-state index in [0.29, 0.717) is 39.1 Å². The number of unbranched alkanes of at least 4 members (excludes halogenated alkanes) is 11. The van der Waals surface area contributed by atoms with E-state index in [-0.39, 0.29) is 0 Å². The summed E-state index contributed by atoms with van der Waals surface area (Å²) in [6.07, 6.45) is 27.2. The highest BCUT2D eigenvalue weighted by atomic mass is 16.5. The minimum Gasteiger partial charge on any atom is -0.378 e. The molecule has 248 valence electrons. The van der Waals surface area contributed by atoms with Crippen LogP contribution in [0.3, 0.4) is 0 Å². The third-order valence-electron chi connectivity index (χ3n) is 8.19. The average Bonchev–Trinajstić information content (AvgIpc) is 3.46. The van der Waals surface area contributed by atoms with Crippen LogP contribution in [-0.4, -0.2) is 60.6 Å². The Balaban J connectivity index is 2.13. The Morgan fingerprint density at radius 1 is 0.667 bits per heavy atom. The molecule has 0 spiro atoms. The Morgan fingerprint density at radius 3 is 1.90 bits per heavy atom. The Morgan fingerprint density at radius 2 is 1.24 bits per heavy atom. The van der Waals surface area contributed by atoms with E-state index in [1.165, 1.54) is 109 Å². The summed E-state index contributed by atoms with van der Waals surface area (Å²) < 4.78 is 19.7. The van der Waals surface area contributed by atoms with Crippen molar-refractivity contribution in [1.29, 1.82) is 0 Å². The fraction of sp³-hybridized carbons (Fsp3) is 0.943. The topological polar surface area (TPSA) is 70.4 Å². The summed E-state index contributed by atoms with van der Waals surface area (Å²) in [6, 6.07) is 0. The van der Waals surface area contributed by atoms with E-state index in [2.05, 4.69) is 43.3 Å². The van der Waals surface area contributed by atoms with Crippen LogP contribution in [0.1, 0.15) is 155 Å². The van der Waals surface area contributed by atoms with Crippen LogP contribution >= 0.6 is 0 Å². The maximum atomic E-state index is 6.31. The largest absolute Gasteiger partial charge is 0.378 e. The Hall–Kier alpha value is -1.02. The van der Waals surface area contributed by atoms with Crippen molar-refractivity contribution < 1.29 is 14.2 Å². The van der Waals surface area contributed by atoms with Gasteiger partial charge in [0.1, 0.15) is 5.69 Å². The maximum Gasteiger partial charge on any atom is 0.108 e. The van der Waals surface area contributed by atoms with E-state index in [9.17, 15) is 0 Å². The van der Waals surface area contributed by atoms with Gasteiger partial charge >= 0.3 is 0 Å². The molecular formula is C35H70N4O3. The summed E-state index contributed by atoms with van der Waals surface area (Å²) in [4.78, 5) is 0. The summed E-state index contributed by atoms with van der Waals surface area (Å²) in [7, 11) is 0. The predicted octanol–water partition coefficient (Wildman–Crippen LogP) is 8.89. The van der Waals surface area contributed by atoms with Gasteiger partial charge in [0.05, 0.1) is 51.9 Å². The Bertz CT molecular complexity index is 672. The number of nitrogens with zero attached hydrogens (tertiary/aromatic N) is 3. The van der Waals surface area contributed by atoms with E-state index < -0.39 is 0 Å². The van der Waals surface area contributed by atoms with Crippen molar-refractivity contribution in [2.75, 3.05) is 39.5 Å². The fourth-order valence-electron chi connectivity index (χ4n) is 5.43. The summed E-state index contributed by atoms with van der Waals surface area (Å²) >= 11 is 0. The first kappa shape index (κ1) is 39.0. The van der Waals surface area contributed by atoms with Gasteiger partial charge in [-0.1, -0.05) is 129 Å². The number of hydrogen-bond donors (Lipinski definition) is 1. The molecule has 0 aromatic carbocycles. The molecule has 0 aliphatic rings. The SMILES string of the molecule is CCCCCCCC(CCCCCC)OCc1cn(CCOCCOCCNCC(CCCC)CCCCCC)nn1. The normalized spacial score (nSPS) is 13.1. The molecule has 1 rings (SSSR count). The van der Waals surface area contributed by atoms with Crippen LogP contribution in [0.15, 0.2) is 6.20 Å². The van der Waals surface area contributed by atoms with E-state index in [0.717, 1.165) is 44.1 Å². The molecule has 0 aliphatic heterocycles. The molecular weight excluding hydrogens is 524 g/mol. The van der Waals surface area contributed by atoms with Crippen LogP contribution < -0.4 is 5.32 Å². The number of hydrogen-bond acceptors (Lipinski definition) is 6. The zero-order valence-corrected chi connectivity index (χ0v) is 28.4. The molecule has 0 fully saturated rings. The number of ether oxygens (including phenoxy) is 3. The van der Waals surface area contributed by atoms with Crippen LogP contribution in [0.4, 0.5) is 0 Å². The Labute approximate surface area is 260 Å². The van der Waals surface area contributed by atoms with Crippen LogP contribution in [0, 0.1) is 5.92 Å². The second kappa shape index (κ2) is 30.0. The summed E-state index contributed by atoms with van der Waals surface area (Å²) in [5.41, 5.74) is 0.910. The molecule has 2 atom stereocenters. The number of nitrogens with one attached hydrogen (secondary N) is 1. The molecule has 2 unspecified atom stereocenters. The quantitative estimate of drug-likeness (QED) is 0.0820. The molecule has 1 heterocycles. The van der Waals surface area contributed by atoms with Gasteiger partial charge in [0.15, 0.2) is 0 Å². The lowest BCUT2D eigenvalue weighted by Crippen LogP contribution is -2.27. The molecule has 1 N–H and O–H groups in total. The highest BCUT2D eigenvalue weighted by Gasteiger charge is 2.11. The van der Waals surface area contributed by atoms with Crippen molar-refractivity contribution in [3.05, 3.63) is 11.9 Å². The van der Waals surface area contributed by atoms with Crippen molar-refractivity contribution in [1.82, 2.24) is 20.3 Å². The van der Waals surface area contributed by atoms with Gasteiger partial charge in [-0.2, -0.15) is 0 Å². The first-order valence-electron chi connectivity index (χ1n) is 18.1. The first-order valence-corrected chi connectivity index (χ1v) is 18.1. The monoisotopic (exact) mass is 595 g/mol. The van der Waals surface area contributed by atoms with Crippen LogP contribution in [0.25, 0.3) is 0 Å². The molecule has 0 saturated heterocycles. The molecule has 0 saturated carbocycles. The van der Waals surface area contributed by atoms with Crippen LogP contribution in [0.5, 0.6) is 0 Å². The molecule has 0 radical (unpaired) electrons. The molecule has 0 bridgehead atoms. The minimum absolute atomic E-state index is 0.338. The van der Waals surface area contributed by atoms with Gasteiger partial charge in [-0.05, 0) is 38.1 Å². The van der Waals surface area contributed by atoms with Gasteiger partial charge < -0.3 is 19.5 Å². The van der Waals surface area contributed by atoms with Crippen molar-refractivity contribution in [3.63, 3.8) is 0 Å². The van der Waals surface area contributed by atoms with Crippen molar-refractivity contribution >= 4 is 0 Å². The second-order valence-corrected chi connectivity index (χ2v) is 12.2.